The van der Waals surface area contributed by atoms with Crippen LogP contribution in [0.3, 0.4) is 0 Å². The number of hydrogen-bond acceptors (Lipinski definition) is 3. The van der Waals surface area contributed by atoms with Crippen molar-refractivity contribution in [2.45, 2.75) is 32.6 Å². The molecular weight excluding hydrogens is 274 g/mol. The van der Waals surface area contributed by atoms with E-state index in [-0.39, 0.29) is 5.91 Å². The van der Waals surface area contributed by atoms with Gasteiger partial charge in [0.2, 0.25) is 5.91 Å². The lowest BCUT2D eigenvalue weighted by atomic mass is 9.96. The van der Waals surface area contributed by atoms with E-state index in [9.17, 15) is 4.79 Å². The second-order valence-corrected chi connectivity index (χ2v) is 5.15. The van der Waals surface area contributed by atoms with Gasteiger partial charge in [-0.3, -0.25) is 4.79 Å². The van der Waals surface area contributed by atoms with Crippen LogP contribution in [0.15, 0.2) is 18.2 Å². The number of halogens is 1. The molecule has 0 saturated carbocycles. The minimum atomic E-state index is -0.0629. The molecule has 0 radical (unpaired) electrons. The Balaban J connectivity index is 2.52. The fraction of sp³-hybridized carbons (Fsp3) is 0.467. The van der Waals surface area contributed by atoms with E-state index < -0.39 is 0 Å². The number of nitrogens with zero attached hydrogens (tertiary/aromatic N) is 1. The molecule has 0 saturated heterocycles. The Kier molecular flexibility index (Phi) is 7.06. The zero-order chi connectivity index (χ0) is 15.0. The zero-order valence-corrected chi connectivity index (χ0v) is 12.4. The van der Waals surface area contributed by atoms with Crippen LogP contribution in [0.2, 0.25) is 5.02 Å². The van der Waals surface area contributed by atoms with Gasteiger partial charge in [-0.05, 0) is 43.5 Å². The van der Waals surface area contributed by atoms with Crippen LogP contribution >= 0.6 is 11.6 Å². The van der Waals surface area contributed by atoms with Gasteiger partial charge in [0.05, 0.1) is 22.3 Å². The summed E-state index contributed by atoms with van der Waals surface area (Å²) in [6.45, 7) is 2.76. The van der Waals surface area contributed by atoms with E-state index in [1.807, 2.05) is 6.07 Å². The summed E-state index contributed by atoms with van der Waals surface area (Å²) >= 11 is 6.01. The molecule has 1 atom stereocenters. The average molecular weight is 294 g/mol. The number of anilines is 1. The fourth-order valence-electron chi connectivity index (χ4n) is 2.02. The van der Waals surface area contributed by atoms with Crippen molar-refractivity contribution in [2.24, 2.45) is 11.7 Å². The Hall–Kier alpha value is -1.57. The highest BCUT2D eigenvalue weighted by Gasteiger charge is 2.10. The minimum Gasteiger partial charge on any atom is -0.330 e. The Bertz CT molecular complexity index is 496. The molecule has 108 valence electrons. The number of amides is 1. The number of nitrogens with one attached hydrogen (secondary N) is 1. The molecule has 0 bridgehead atoms. The molecule has 1 rings (SSSR count). The second kappa shape index (κ2) is 8.57. The Morgan fingerprint density at radius 2 is 2.25 bits per heavy atom. The van der Waals surface area contributed by atoms with Gasteiger partial charge in [0.15, 0.2) is 0 Å². The third-order valence-electron chi connectivity index (χ3n) is 3.30. The summed E-state index contributed by atoms with van der Waals surface area (Å²) in [4.78, 5) is 11.9. The molecule has 1 unspecified atom stereocenters. The van der Waals surface area contributed by atoms with Crippen LogP contribution in [0.4, 0.5) is 5.69 Å². The molecule has 0 heterocycles. The first-order valence-electron chi connectivity index (χ1n) is 6.80. The van der Waals surface area contributed by atoms with Crippen molar-refractivity contribution in [3.63, 3.8) is 0 Å². The van der Waals surface area contributed by atoms with Crippen molar-refractivity contribution < 1.29 is 4.79 Å². The normalized spacial score (nSPS) is 11.7. The van der Waals surface area contributed by atoms with Crippen molar-refractivity contribution >= 4 is 23.2 Å². The van der Waals surface area contributed by atoms with Crippen LogP contribution < -0.4 is 11.1 Å². The Labute approximate surface area is 124 Å². The van der Waals surface area contributed by atoms with E-state index in [2.05, 4.69) is 12.2 Å². The van der Waals surface area contributed by atoms with Crippen LogP contribution in [0, 0.1) is 17.2 Å². The SMILES string of the molecule is CCC(CCN)CCC(=O)Nc1ccc(C#N)cc1Cl. The molecule has 0 aliphatic rings. The zero-order valence-electron chi connectivity index (χ0n) is 11.7. The van der Waals surface area contributed by atoms with Crippen LogP contribution in [0.5, 0.6) is 0 Å². The Morgan fingerprint density at radius 1 is 1.50 bits per heavy atom. The number of hydrogen-bond donors (Lipinski definition) is 2. The average Bonchev–Trinajstić information content (AvgIpc) is 2.45. The van der Waals surface area contributed by atoms with Gasteiger partial charge < -0.3 is 11.1 Å². The topological polar surface area (TPSA) is 78.9 Å². The highest BCUT2D eigenvalue weighted by molar-refractivity contribution is 6.33. The van der Waals surface area contributed by atoms with Gasteiger partial charge >= 0.3 is 0 Å². The first-order chi connectivity index (χ1) is 9.60. The van der Waals surface area contributed by atoms with Crippen molar-refractivity contribution in [1.29, 1.82) is 5.26 Å². The van der Waals surface area contributed by atoms with Gasteiger partial charge in [-0.25, -0.2) is 0 Å². The van der Waals surface area contributed by atoms with Crippen LogP contribution in [0.25, 0.3) is 0 Å². The van der Waals surface area contributed by atoms with E-state index >= 15 is 0 Å². The molecule has 1 aromatic carbocycles. The quantitative estimate of drug-likeness (QED) is 0.809. The summed E-state index contributed by atoms with van der Waals surface area (Å²) in [5.74, 6) is 0.425. The lowest BCUT2D eigenvalue weighted by molar-refractivity contribution is -0.116. The summed E-state index contributed by atoms with van der Waals surface area (Å²) in [6, 6.07) is 6.82. The number of nitrogens with two attached hydrogens (primary N) is 1. The minimum absolute atomic E-state index is 0.0629. The van der Waals surface area contributed by atoms with Gasteiger partial charge in [-0.1, -0.05) is 24.9 Å². The third-order valence-corrected chi connectivity index (χ3v) is 3.62. The van der Waals surface area contributed by atoms with Gasteiger partial charge in [-0.15, -0.1) is 0 Å². The molecule has 0 aliphatic heterocycles. The van der Waals surface area contributed by atoms with Gasteiger partial charge in [-0.2, -0.15) is 5.26 Å². The summed E-state index contributed by atoms with van der Waals surface area (Å²) in [6.07, 6.45) is 3.26. The first-order valence-corrected chi connectivity index (χ1v) is 7.18. The first kappa shape index (κ1) is 16.5. The highest BCUT2D eigenvalue weighted by Crippen LogP contribution is 2.23. The molecule has 0 aromatic heterocycles. The standard InChI is InChI=1S/C15H20ClN3O/c1-2-11(7-8-17)4-6-15(20)19-14-5-3-12(10-18)9-13(14)16/h3,5,9,11H,2,4,6-8,17H2,1H3,(H,19,20). The second-order valence-electron chi connectivity index (χ2n) is 4.74. The Morgan fingerprint density at radius 3 is 2.80 bits per heavy atom. The molecule has 4 nitrogen and oxygen atoms in total. The summed E-state index contributed by atoms with van der Waals surface area (Å²) < 4.78 is 0. The van der Waals surface area contributed by atoms with Crippen molar-refractivity contribution in [2.75, 3.05) is 11.9 Å². The number of rotatable bonds is 7. The molecule has 0 spiro atoms. The van der Waals surface area contributed by atoms with Crippen LogP contribution in [-0.4, -0.2) is 12.5 Å². The van der Waals surface area contributed by atoms with Crippen molar-refractivity contribution in [3.05, 3.63) is 28.8 Å². The highest BCUT2D eigenvalue weighted by atomic mass is 35.5. The number of carbonyl (C=O) groups is 1. The maximum atomic E-state index is 11.9. The molecular formula is C15H20ClN3O. The predicted molar refractivity (Wildman–Crippen MR) is 81.5 cm³/mol. The molecule has 3 N–H and O–H groups in total. The smallest absolute Gasteiger partial charge is 0.224 e. The molecule has 1 aromatic rings. The van der Waals surface area contributed by atoms with Crippen LogP contribution in [-0.2, 0) is 4.79 Å². The van der Waals surface area contributed by atoms with E-state index in [1.165, 1.54) is 0 Å². The summed E-state index contributed by atoms with van der Waals surface area (Å²) in [7, 11) is 0. The monoisotopic (exact) mass is 293 g/mol. The molecule has 0 fully saturated rings. The van der Waals surface area contributed by atoms with Gasteiger partial charge in [0.1, 0.15) is 0 Å². The summed E-state index contributed by atoms with van der Waals surface area (Å²) in [5, 5.41) is 11.9. The van der Waals surface area contributed by atoms with Crippen LogP contribution in [0.1, 0.15) is 38.2 Å². The lowest BCUT2D eigenvalue weighted by Gasteiger charge is -2.13. The van der Waals surface area contributed by atoms with Crippen molar-refractivity contribution in [3.8, 4) is 6.07 Å². The van der Waals surface area contributed by atoms with E-state index in [0.29, 0.717) is 35.2 Å². The van der Waals surface area contributed by atoms with E-state index in [0.717, 1.165) is 19.3 Å². The van der Waals surface area contributed by atoms with Gasteiger partial charge in [0.25, 0.3) is 0 Å². The fourth-order valence-corrected chi connectivity index (χ4v) is 2.25. The van der Waals surface area contributed by atoms with E-state index in [4.69, 9.17) is 22.6 Å². The lowest BCUT2D eigenvalue weighted by Crippen LogP contribution is -2.15. The number of nitriles is 1. The molecule has 1 amide bonds. The van der Waals surface area contributed by atoms with E-state index in [1.54, 1.807) is 18.2 Å². The summed E-state index contributed by atoms with van der Waals surface area (Å²) in [5.41, 5.74) is 6.56. The maximum absolute atomic E-state index is 11.9. The molecule has 0 aliphatic carbocycles. The maximum Gasteiger partial charge on any atom is 0.224 e. The molecule has 20 heavy (non-hydrogen) atoms. The molecule has 5 heteroatoms. The largest absolute Gasteiger partial charge is 0.330 e. The number of benzene rings is 1. The van der Waals surface area contributed by atoms with Gasteiger partial charge in [0, 0.05) is 6.42 Å². The number of carbonyl (C=O) groups excluding carboxylic acids is 1. The van der Waals surface area contributed by atoms with Crippen molar-refractivity contribution in [1.82, 2.24) is 0 Å². The predicted octanol–water partition coefficient (Wildman–Crippen LogP) is 3.31. The third kappa shape index (κ3) is 5.20.